The number of H-pyrrole nitrogens is 1. The van der Waals surface area contributed by atoms with Crippen LogP contribution in [-0.2, 0) is 4.79 Å². The summed E-state index contributed by atoms with van der Waals surface area (Å²) >= 11 is 11.7. The molecule has 1 aromatic heterocycles. The number of carbonyl (C=O) groups is 2. The fraction of sp³-hybridized carbons (Fsp3) is 0.176. The van der Waals surface area contributed by atoms with Gasteiger partial charge < -0.3 is 4.98 Å². The van der Waals surface area contributed by atoms with Crippen LogP contribution in [0.1, 0.15) is 23.2 Å². The number of rotatable bonds is 5. The van der Waals surface area contributed by atoms with Crippen molar-refractivity contribution in [3.63, 3.8) is 0 Å². The maximum absolute atomic E-state index is 12.5. The molecule has 3 aromatic rings. The topological polar surface area (TPSA) is 49.9 Å². The van der Waals surface area contributed by atoms with Crippen LogP contribution in [0.3, 0.4) is 0 Å². The van der Waals surface area contributed by atoms with E-state index in [-0.39, 0.29) is 30.3 Å². The maximum Gasteiger partial charge on any atom is 0.173 e. The third kappa shape index (κ3) is 2.62. The van der Waals surface area contributed by atoms with Crippen molar-refractivity contribution in [1.29, 1.82) is 0 Å². The van der Waals surface area contributed by atoms with E-state index in [2.05, 4.69) is 4.98 Å². The van der Waals surface area contributed by atoms with Gasteiger partial charge in [0, 0.05) is 28.6 Å². The Morgan fingerprint density at radius 3 is 2.59 bits per heavy atom. The second-order valence-electron chi connectivity index (χ2n) is 5.09. The van der Waals surface area contributed by atoms with Gasteiger partial charge in [0.25, 0.3) is 0 Å². The van der Waals surface area contributed by atoms with Crippen molar-refractivity contribution in [1.82, 2.24) is 4.98 Å². The molecule has 1 N–H and O–H groups in total. The fourth-order valence-electron chi connectivity index (χ4n) is 2.63. The van der Waals surface area contributed by atoms with Crippen molar-refractivity contribution in [2.75, 3.05) is 5.88 Å². The quantitative estimate of drug-likeness (QED) is 0.416. The molecule has 0 atom stereocenters. The molecule has 0 unspecified atom stereocenters. The van der Waals surface area contributed by atoms with Gasteiger partial charge in [-0.3, -0.25) is 9.59 Å². The van der Waals surface area contributed by atoms with Crippen molar-refractivity contribution in [2.45, 2.75) is 12.8 Å². The molecule has 3 nitrogen and oxygen atoms in total. The number of aromatic nitrogens is 1. The number of ketones is 2. The standard InChI is InChI=1S/C17H13Cl2NO2/c18-8-7-10(21)9-15(22)16-13(19)6-5-12-11-3-1-2-4-14(11)20-17(12)16/h1-6,20H,7-9H2. The first kappa shape index (κ1) is 15.1. The summed E-state index contributed by atoms with van der Waals surface area (Å²) in [4.78, 5) is 27.4. The van der Waals surface area contributed by atoms with Crippen LogP contribution in [0.2, 0.25) is 5.02 Å². The number of nitrogens with one attached hydrogen (secondary N) is 1. The summed E-state index contributed by atoms with van der Waals surface area (Å²) in [5.74, 6) is -0.238. The molecule has 1 heterocycles. The number of halogens is 2. The summed E-state index contributed by atoms with van der Waals surface area (Å²) < 4.78 is 0. The van der Waals surface area contributed by atoms with Gasteiger partial charge >= 0.3 is 0 Å². The molecule has 0 saturated carbocycles. The van der Waals surface area contributed by atoms with Gasteiger partial charge in [-0.25, -0.2) is 0 Å². The van der Waals surface area contributed by atoms with Crippen molar-refractivity contribution < 1.29 is 9.59 Å². The number of carbonyl (C=O) groups excluding carboxylic acids is 2. The Kier molecular flexibility index (Phi) is 4.19. The summed E-state index contributed by atoms with van der Waals surface area (Å²) in [6.07, 6.45) is 0.00844. The lowest BCUT2D eigenvalue weighted by atomic mass is 10.0. The molecular weight excluding hydrogens is 321 g/mol. The monoisotopic (exact) mass is 333 g/mol. The number of aromatic amines is 1. The Bertz CT molecular complexity index is 883. The van der Waals surface area contributed by atoms with Gasteiger partial charge in [-0.2, -0.15) is 0 Å². The molecule has 0 saturated heterocycles. The smallest absolute Gasteiger partial charge is 0.173 e. The number of hydrogen-bond donors (Lipinski definition) is 1. The van der Waals surface area contributed by atoms with E-state index in [0.717, 1.165) is 16.3 Å². The molecule has 3 rings (SSSR count). The summed E-state index contributed by atoms with van der Waals surface area (Å²) in [7, 11) is 0. The van der Waals surface area contributed by atoms with Crippen LogP contribution in [0.25, 0.3) is 21.8 Å². The minimum atomic E-state index is -0.280. The van der Waals surface area contributed by atoms with Crippen molar-refractivity contribution >= 4 is 56.6 Å². The zero-order valence-electron chi connectivity index (χ0n) is 11.7. The van der Waals surface area contributed by atoms with Crippen LogP contribution in [0.4, 0.5) is 0 Å². The fourth-order valence-corrected chi connectivity index (χ4v) is 3.10. The van der Waals surface area contributed by atoms with Gasteiger partial charge in [0.1, 0.15) is 5.78 Å². The molecule has 5 heteroatoms. The van der Waals surface area contributed by atoms with E-state index in [1.807, 2.05) is 30.3 Å². The minimum absolute atomic E-state index is 0.177. The van der Waals surface area contributed by atoms with Crippen LogP contribution < -0.4 is 0 Å². The van der Waals surface area contributed by atoms with E-state index < -0.39 is 0 Å². The number of hydrogen-bond acceptors (Lipinski definition) is 2. The molecule has 0 bridgehead atoms. The number of benzene rings is 2. The van der Waals surface area contributed by atoms with Gasteiger partial charge in [-0.1, -0.05) is 35.9 Å². The van der Waals surface area contributed by atoms with E-state index in [9.17, 15) is 9.59 Å². The maximum atomic E-state index is 12.5. The molecule has 0 spiro atoms. The molecule has 0 aliphatic rings. The largest absolute Gasteiger partial charge is 0.354 e. The molecule has 0 radical (unpaired) electrons. The molecular formula is C17H13Cl2NO2. The van der Waals surface area contributed by atoms with Crippen LogP contribution in [0.15, 0.2) is 36.4 Å². The Morgan fingerprint density at radius 2 is 1.82 bits per heavy atom. The zero-order chi connectivity index (χ0) is 15.7. The normalized spacial score (nSPS) is 11.2. The molecule has 2 aromatic carbocycles. The highest BCUT2D eigenvalue weighted by atomic mass is 35.5. The van der Waals surface area contributed by atoms with Gasteiger partial charge in [-0.15, -0.1) is 11.6 Å². The predicted octanol–water partition coefficient (Wildman–Crippen LogP) is 4.75. The summed E-state index contributed by atoms with van der Waals surface area (Å²) in [6, 6.07) is 11.4. The Hall–Kier alpha value is -1.84. The van der Waals surface area contributed by atoms with E-state index in [4.69, 9.17) is 23.2 Å². The SMILES string of the molecule is O=C(CCCl)CC(=O)c1c(Cl)ccc2c1[nH]c1ccccc12. The first-order chi connectivity index (χ1) is 10.6. The predicted molar refractivity (Wildman–Crippen MR) is 90.1 cm³/mol. The van der Waals surface area contributed by atoms with Gasteiger partial charge in [0.15, 0.2) is 5.78 Å². The van der Waals surface area contributed by atoms with Crippen molar-refractivity contribution in [3.8, 4) is 0 Å². The van der Waals surface area contributed by atoms with E-state index >= 15 is 0 Å². The van der Waals surface area contributed by atoms with Crippen LogP contribution in [0, 0.1) is 0 Å². The third-order valence-electron chi connectivity index (χ3n) is 3.64. The number of para-hydroxylation sites is 1. The zero-order valence-corrected chi connectivity index (χ0v) is 13.2. The minimum Gasteiger partial charge on any atom is -0.354 e. The van der Waals surface area contributed by atoms with Crippen LogP contribution in [0.5, 0.6) is 0 Å². The average Bonchev–Trinajstić information content (AvgIpc) is 2.85. The Morgan fingerprint density at radius 1 is 1.05 bits per heavy atom. The van der Waals surface area contributed by atoms with Crippen LogP contribution in [-0.4, -0.2) is 22.4 Å². The van der Waals surface area contributed by atoms with Gasteiger partial charge in [0.05, 0.1) is 22.5 Å². The molecule has 0 aliphatic heterocycles. The second kappa shape index (κ2) is 6.11. The third-order valence-corrected chi connectivity index (χ3v) is 4.15. The molecule has 112 valence electrons. The molecule has 22 heavy (non-hydrogen) atoms. The molecule has 0 aliphatic carbocycles. The lowest BCUT2D eigenvalue weighted by Gasteiger charge is -2.05. The number of fused-ring (bicyclic) bond motifs is 3. The first-order valence-corrected chi connectivity index (χ1v) is 7.83. The summed E-state index contributed by atoms with van der Waals surface area (Å²) in [6.45, 7) is 0. The number of alkyl halides is 1. The lowest BCUT2D eigenvalue weighted by molar-refractivity contribution is -0.117. The van der Waals surface area contributed by atoms with E-state index in [1.54, 1.807) is 6.07 Å². The van der Waals surface area contributed by atoms with Gasteiger partial charge in [0.2, 0.25) is 0 Å². The van der Waals surface area contributed by atoms with E-state index in [1.165, 1.54) is 0 Å². The highest BCUT2D eigenvalue weighted by Gasteiger charge is 2.19. The highest BCUT2D eigenvalue weighted by molar-refractivity contribution is 6.37. The van der Waals surface area contributed by atoms with E-state index in [0.29, 0.717) is 16.1 Å². The van der Waals surface area contributed by atoms with Crippen molar-refractivity contribution in [3.05, 3.63) is 47.0 Å². The highest BCUT2D eigenvalue weighted by Crippen LogP contribution is 2.32. The van der Waals surface area contributed by atoms with Crippen LogP contribution >= 0.6 is 23.2 Å². The average molecular weight is 334 g/mol. The lowest BCUT2D eigenvalue weighted by Crippen LogP contribution is -2.09. The summed E-state index contributed by atoms with van der Waals surface area (Å²) in [5.41, 5.74) is 1.98. The number of Topliss-reactive ketones (excluding diaryl/α,β-unsaturated/α-hetero) is 2. The first-order valence-electron chi connectivity index (χ1n) is 6.91. The Labute approximate surface area is 137 Å². The van der Waals surface area contributed by atoms with Crippen molar-refractivity contribution in [2.24, 2.45) is 0 Å². The Balaban J connectivity index is 2.14. The summed E-state index contributed by atoms with van der Waals surface area (Å²) in [5, 5.41) is 2.30. The molecule has 0 fully saturated rings. The van der Waals surface area contributed by atoms with Gasteiger partial charge in [-0.05, 0) is 12.1 Å². The molecule has 0 amide bonds. The second-order valence-corrected chi connectivity index (χ2v) is 5.88.